The van der Waals surface area contributed by atoms with Crippen molar-refractivity contribution in [1.82, 2.24) is 20.2 Å². The Labute approximate surface area is 156 Å². The maximum Gasteiger partial charge on any atom is 0.193 e. The maximum absolute atomic E-state index is 4.47. The van der Waals surface area contributed by atoms with Gasteiger partial charge in [-0.25, -0.2) is 9.97 Å². The van der Waals surface area contributed by atoms with Crippen LogP contribution in [0.25, 0.3) is 0 Å². The number of hydrogen-bond donors (Lipinski definition) is 1. The minimum Gasteiger partial charge on any atom is -0.351 e. The zero-order chi connectivity index (χ0) is 15.4. The number of guanidine groups is 1. The second-order valence-corrected chi connectivity index (χ2v) is 6.73. The van der Waals surface area contributed by atoms with Crippen LogP contribution in [-0.4, -0.2) is 41.0 Å². The van der Waals surface area contributed by atoms with E-state index in [0.717, 1.165) is 30.6 Å². The van der Waals surface area contributed by atoms with Crippen molar-refractivity contribution in [1.29, 1.82) is 0 Å². The molecule has 1 aliphatic heterocycles. The third kappa shape index (κ3) is 4.55. The van der Waals surface area contributed by atoms with Crippen molar-refractivity contribution in [2.24, 2.45) is 10.4 Å². The van der Waals surface area contributed by atoms with Gasteiger partial charge in [0.05, 0.1) is 12.2 Å². The topological polar surface area (TPSA) is 53.4 Å². The summed E-state index contributed by atoms with van der Waals surface area (Å²) in [5, 5.41) is 3.46. The molecule has 1 spiro atoms. The zero-order valence-electron chi connectivity index (χ0n) is 14.2. The van der Waals surface area contributed by atoms with Crippen molar-refractivity contribution in [3.05, 3.63) is 23.8 Å². The molecule has 1 N–H and O–H groups in total. The highest BCUT2D eigenvalue weighted by atomic mass is 127. The number of hydrogen-bond acceptors (Lipinski definition) is 3. The minimum absolute atomic E-state index is 0. The summed E-state index contributed by atoms with van der Waals surface area (Å²) in [7, 11) is 1.87. The van der Waals surface area contributed by atoms with Crippen molar-refractivity contribution in [3.63, 3.8) is 0 Å². The van der Waals surface area contributed by atoms with Gasteiger partial charge in [-0.15, -0.1) is 24.0 Å². The monoisotopic (exact) mass is 429 g/mol. The lowest BCUT2D eigenvalue weighted by Gasteiger charge is -2.33. The maximum atomic E-state index is 4.47. The predicted octanol–water partition coefficient (Wildman–Crippen LogP) is 3.13. The second kappa shape index (κ2) is 8.26. The molecule has 0 aromatic carbocycles. The van der Waals surface area contributed by atoms with E-state index in [0.29, 0.717) is 12.0 Å². The molecule has 1 aromatic heterocycles. The van der Waals surface area contributed by atoms with E-state index in [2.05, 4.69) is 25.2 Å². The number of nitrogens with zero attached hydrogens (tertiary/aromatic N) is 4. The molecule has 1 saturated carbocycles. The standard InChI is InChI=1S/C17H27N5.HI/c1-14-19-10-6-15(21-14)12-20-16(18-2)22-11-9-17(13-22)7-4-3-5-8-17;/h6,10H,3-5,7-9,11-13H2,1-2H3,(H,18,20);1H. The molecular weight excluding hydrogens is 401 g/mol. The molecule has 0 radical (unpaired) electrons. The Morgan fingerprint density at radius 1 is 1.30 bits per heavy atom. The molecule has 3 rings (SSSR count). The Morgan fingerprint density at radius 2 is 2.09 bits per heavy atom. The van der Waals surface area contributed by atoms with Gasteiger partial charge in [0.2, 0.25) is 0 Å². The molecule has 2 fully saturated rings. The van der Waals surface area contributed by atoms with E-state index in [4.69, 9.17) is 0 Å². The Kier molecular flexibility index (Phi) is 6.61. The molecule has 2 aliphatic rings. The van der Waals surface area contributed by atoms with E-state index in [1.165, 1.54) is 38.5 Å². The average molecular weight is 429 g/mol. The first kappa shape index (κ1) is 18.4. The van der Waals surface area contributed by atoms with Crippen LogP contribution >= 0.6 is 24.0 Å². The van der Waals surface area contributed by atoms with Gasteiger partial charge in [0.1, 0.15) is 5.82 Å². The first-order valence-corrected chi connectivity index (χ1v) is 8.45. The highest BCUT2D eigenvalue weighted by Gasteiger charge is 2.39. The number of aryl methyl sites for hydroxylation is 1. The number of aromatic nitrogens is 2. The Balaban J connectivity index is 0.00000192. The van der Waals surface area contributed by atoms with Gasteiger partial charge in [-0.1, -0.05) is 19.3 Å². The number of aliphatic imine (C=N–C) groups is 1. The van der Waals surface area contributed by atoms with Crippen LogP contribution in [0.3, 0.4) is 0 Å². The summed E-state index contributed by atoms with van der Waals surface area (Å²) < 4.78 is 0. The second-order valence-electron chi connectivity index (χ2n) is 6.73. The van der Waals surface area contributed by atoms with Gasteiger partial charge < -0.3 is 10.2 Å². The van der Waals surface area contributed by atoms with E-state index < -0.39 is 0 Å². The SMILES string of the molecule is CN=C(NCc1ccnc(C)n1)N1CCC2(CCCCC2)C1.I. The molecule has 23 heavy (non-hydrogen) atoms. The fraction of sp³-hybridized carbons (Fsp3) is 0.706. The van der Waals surface area contributed by atoms with Crippen LogP contribution in [0.15, 0.2) is 17.3 Å². The Bertz CT molecular complexity index is 540. The molecule has 2 heterocycles. The smallest absolute Gasteiger partial charge is 0.193 e. The Morgan fingerprint density at radius 3 is 2.78 bits per heavy atom. The summed E-state index contributed by atoms with van der Waals surface area (Å²) in [6.45, 7) is 4.92. The highest BCUT2D eigenvalue weighted by molar-refractivity contribution is 14.0. The molecule has 128 valence electrons. The van der Waals surface area contributed by atoms with Crippen LogP contribution in [0.1, 0.15) is 50.0 Å². The molecule has 0 unspecified atom stereocenters. The van der Waals surface area contributed by atoms with Crippen molar-refractivity contribution in [2.75, 3.05) is 20.1 Å². The Hall–Kier alpha value is -0.920. The summed E-state index contributed by atoms with van der Waals surface area (Å²) >= 11 is 0. The zero-order valence-corrected chi connectivity index (χ0v) is 16.5. The fourth-order valence-corrected chi connectivity index (χ4v) is 3.93. The number of nitrogens with one attached hydrogen (secondary N) is 1. The summed E-state index contributed by atoms with van der Waals surface area (Å²) in [5.41, 5.74) is 1.57. The molecule has 6 heteroatoms. The summed E-state index contributed by atoms with van der Waals surface area (Å²) in [5.74, 6) is 1.83. The van der Waals surface area contributed by atoms with Crippen LogP contribution in [0, 0.1) is 12.3 Å². The average Bonchev–Trinajstić information content (AvgIpc) is 2.92. The van der Waals surface area contributed by atoms with Gasteiger partial charge in [-0.3, -0.25) is 4.99 Å². The van der Waals surface area contributed by atoms with Crippen molar-refractivity contribution in [2.45, 2.75) is 52.0 Å². The molecule has 1 aromatic rings. The van der Waals surface area contributed by atoms with E-state index in [1.807, 2.05) is 26.2 Å². The van der Waals surface area contributed by atoms with Crippen LogP contribution in [0.2, 0.25) is 0 Å². The number of halogens is 1. The molecule has 0 amide bonds. The molecule has 0 atom stereocenters. The first-order valence-electron chi connectivity index (χ1n) is 8.45. The van der Waals surface area contributed by atoms with Crippen molar-refractivity contribution in [3.8, 4) is 0 Å². The van der Waals surface area contributed by atoms with E-state index >= 15 is 0 Å². The highest BCUT2D eigenvalue weighted by Crippen LogP contribution is 2.43. The predicted molar refractivity (Wildman–Crippen MR) is 104 cm³/mol. The molecule has 1 aliphatic carbocycles. The van der Waals surface area contributed by atoms with Gasteiger partial charge in [0.25, 0.3) is 0 Å². The van der Waals surface area contributed by atoms with Crippen LogP contribution < -0.4 is 5.32 Å². The minimum atomic E-state index is 0. The molecule has 1 saturated heterocycles. The normalized spacial score (nSPS) is 20.4. The lowest BCUT2D eigenvalue weighted by Crippen LogP contribution is -2.41. The van der Waals surface area contributed by atoms with E-state index in [-0.39, 0.29) is 24.0 Å². The van der Waals surface area contributed by atoms with Gasteiger partial charge in [0.15, 0.2) is 5.96 Å². The lowest BCUT2D eigenvalue weighted by atomic mass is 9.73. The first-order chi connectivity index (χ1) is 10.7. The third-order valence-corrected chi connectivity index (χ3v) is 5.13. The van der Waals surface area contributed by atoms with Crippen LogP contribution in [0.5, 0.6) is 0 Å². The van der Waals surface area contributed by atoms with Gasteiger partial charge in [-0.2, -0.15) is 0 Å². The third-order valence-electron chi connectivity index (χ3n) is 5.13. The summed E-state index contributed by atoms with van der Waals surface area (Å²) in [6, 6.07) is 1.96. The van der Waals surface area contributed by atoms with Gasteiger partial charge in [0, 0.05) is 26.3 Å². The number of likely N-dealkylation sites (tertiary alicyclic amines) is 1. The molecule has 5 nitrogen and oxygen atoms in total. The largest absolute Gasteiger partial charge is 0.351 e. The summed E-state index contributed by atoms with van der Waals surface area (Å²) in [4.78, 5) is 15.5. The van der Waals surface area contributed by atoms with Crippen molar-refractivity contribution >= 4 is 29.9 Å². The van der Waals surface area contributed by atoms with Crippen molar-refractivity contribution < 1.29 is 0 Å². The van der Waals surface area contributed by atoms with E-state index in [1.54, 1.807) is 0 Å². The van der Waals surface area contributed by atoms with Gasteiger partial charge >= 0.3 is 0 Å². The number of rotatable bonds is 2. The quantitative estimate of drug-likeness (QED) is 0.446. The van der Waals surface area contributed by atoms with E-state index in [9.17, 15) is 0 Å². The molecular formula is C17H28IN5. The summed E-state index contributed by atoms with van der Waals surface area (Å²) in [6.07, 6.45) is 10.1. The molecule has 0 bridgehead atoms. The lowest BCUT2D eigenvalue weighted by molar-refractivity contribution is 0.203. The van der Waals surface area contributed by atoms with Gasteiger partial charge in [-0.05, 0) is 37.7 Å². The van der Waals surface area contributed by atoms with Crippen LogP contribution in [-0.2, 0) is 6.54 Å². The van der Waals surface area contributed by atoms with Crippen LogP contribution in [0.4, 0.5) is 0 Å². The fourth-order valence-electron chi connectivity index (χ4n) is 3.93.